The molecule has 3 rings (SSSR count). The lowest BCUT2D eigenvalue weighted by molar-refractivity contribution is -0.143. The van der Waals surface area contributed by atoms with Crippen molar-refractivity contribution in [2.24, 2.45) is 5.92 Å². The van der Waals surface area contributed by atoms with E-state index in [2.05, 4.69) is 4.98 Å². The lowest BCUT2D eigenvalue weighted by Gasteiger charge is -2.37. The summed E-state index contributed by atoms with van der Waals surface area (Å²) in [5, 5.41) is 9.03. The third-order valence-electron chi connectivity index (χ3n) is 4.99. The van der Waals surface area contributed by atoms with Crippen molar-refractivity contribution in [2.75, 3.05) is 13.1 Å². The highest BCUT2D eigenvalue weighted by molar-refractivity contribution is 6.31. The zero-order valence-electron chi connectivity index (χ0n) is 15.2. The van der Waals surface area contributed by atoms with Gasteiger partial charge < -0.3 is 5.11 Å². The predicted molar refractivity (Wildman–Crippen MR) is 99.2 cm³/mol. The second-order valence-corrected chi connectivity index (χ2v) is 7.48. The third kappa shape index (κ3) is 4.47. The van der Waals surface area contributed by atoms with Crippen LogP contribution in [0.5, 0.6) is 0 Å². The van der Waals surface area contributed by atoms with E-state index in [4.69, 9.17) is 11.6 Å². The first-order valence-corrected chi connectivity index (χ1v) is 9.30. The van der Waals surface area contributed by atoms with Crippen LogP contribution >= 0.6 is 11.6 Å². The molecule has 150 valence electrons. The standard InChI is InChI=1S/C20H20ClF3N2O2/c1-12-4-7-17(25-10-12)18(26-8-2-3-14(11-26)19(27)28)13-5-6-16(21)15(9-13)20(22,23)24/h4-7,9-10,14,18H,2-3,8,11H2,1H3,(H,27,28). The molecule has 1 aromatic heterocycles. The van der Waals surface area contributed by atoms with Crippen molar-refractivity contribution in [3.05, 3.63) is 63.9 Å². The van der Waals surface area contributed by atoms with Crippen LogP contribution in [0.25, 0.3) is 0 Å². The summed E-state index contributed by atoms with van der Waals surface area (Å²) < 4.78 is 40.1. The Kier molecular flexibility index (Phi) is 5.95. The highest BCUT2D eigenvalue weighted by Gasteiger charge is 2.36. The van der Waals surface area contributed by atoms with Crippen LogP contribution in [0.4, 0.5) is 13.2 Å². The SMILES string of the molecule is Cc1ccc(C(c2ccc(Cl)c(C(F)(F)F)c2)N2CCCC(C(=O)O)C2)nc1. The predicted octanol–water partition coefficient (Wildman–Crippen LogP) is 4.95. The van der Waals surface area contributed by atoms with Crippen LogP contribution in [0.2, 0.25) is 5.02 Å². The fourth-order valence-electron chi connectivity index (χ4n) is 3.58. The second-order valence-electron chi connectivity index (χ2n) is 7.07. The maximum absolute atomic E-state index is 13.4. The second kappa shape index (κ2) is 8.09. The lowest BCUT2D eigenvalue weighted by atomic mass is 9.92. The number of aromatic nitrogens is 1. The van der Waals surface area contributed by atoms with Crippen LogP contribution in [0, 0.1) is 12.8 Å². The van der Waals surface area contributed by atoms with Gasteiger partial charge in [-0.05, 0) is 55.6 Å². The normalized spacial score (nSPS) is 19.4. The number of hydrogen-bond acceptors (Lipinski definition) is 3. The zero-order valence-corrected chi connectivity index (χ0v) is 16.0. The van der Waals surface area contributed by atoms with Crippen molar-refractivity contribution in [2.45, 2.75) is 32.0 Å². The van der Waals surface area contributed by atoms with Gasteiger partial charge in [0.15, 0.2) is 0 Å². The molecule has 0 aliphatic carbocycles. The van der Waals surface area contributed by atoms with Gasteiger partial charge in [-0.2, -0.15) is 13.2 Å². The molecule has 0 saturated carbocycles. The maximum Gasteiger partial charge on any atom is 0.417 e. The number of benzene rings is 1. The Morgan fingerprint density at radius 3 is 2.68 bits per heavy atom. The average Bonchev–Trinajstić information content (AvgIpc) is 2.64. The fraction of sp³-hybridized carbons (Fsp3) is 0.400. The Morgan fingerprint density at radius 2 is 2.07 bits per heavy atom. The summed E-state index contributed by atoms with van der Waals surface area (Å²) in [5.41, 5.74) is 0.985. The number of hydrogen-bond donors (Lipinski definition) is 1. The molecule has 1 aliphatic rings. The Morgan fingerprint density at radius 1 is 1.32 bits per heavy atom. The average molecular weight is 413 g/mol. The van der Waals surface area contributed by atoms with Gasteiger partial charge in [-0.3, -0.25) is 14.7 Å². The molecule has 1 saturated heterocycles. The zero-order chi connectivity index (χ0) is 20.5. The number of piperidine rings is 1. The molecule has 1 aliphatic heterocycles. The van der Waals surface area contributed by atoms with Crippen molar-refractivity contribution < 1.29 is 23.1 Å². The molecule has 4 nitrogen and oxygen atoms in total. The van der Waals surface area contributed by atoms with E-state index in [9.17, 15) is 23.1 Å². The highest BCUT2D eigenvalue weighted by Crippen LogP contribution is 2.39. The molecule has 28 heavy (non-hydrogen) atoms. The van der Waals surface area contributed by atoms with Crippen molar-refractivity contribution in [3.63, 3.8) is 0 Å². The number of aliphatic carboxylic acids is 1. The highest BCUT2D eigenvalue weighted by atomic mass is 35.5. The van der Waals surface area contributed by atoms with Gasteiger partial charge in [-0.1, -0.05) is 23.7 Å². The summed E-state index contributed by atoms with van der Waals surface area (Å²) in [6.07, 6.45) is -1.72. The molecule has 2 heterocycles. The summed E-state index contributed by atoms with van der Waals surface area (Å²) in [6.45, 7) is 2.70. The molecule has 0 spiro atoms. The number of carboxylic acids is 1. The number of alkyl halides is 3. The first kappa shape index (κ1) is 20.6. The number of likely N-dealkylation sites (tertiary alicyclic amines) is 1. The van der Waals surface area contributed by atoms with Gasteiger partial charge in [0.25, 0.3) is 0 Å². The molecule has 2 atom stereocenters. The fourth-order valence-corrected chi connectivity index (χ4v) is 3.81. The maximum atomic E-state index is 13.4. The quantitative estimate of drug-likeness (QED) is 0.772. The summed E-state index contributed by atoms with van der Waals surface area (Å²) in [4.78, 5) is 17.8. The first-order chi connectivity index (χ1) is 13.2. The number of pyridine rings is 1. The number of nitrogens with zero attached hydrogens (tertiary/aromatic N) is 2. The summed E-state index contributed by atoms with van der Waals surface area (Å²) in [7, 11) is 0. The minimum Gasteiger partial charge on any atom is -0.481 e. The topological polar surface area (TPSA) is 53.4 Å². The van der Waals surface area contributed by atoms with E-state index < -0.39 is 29.7 Å². The van der Waals surface area contributed by atoms with Gasteiger partial charge in [0.1, 0.15) is 0 Å². The minimum absolute atomic E-state index is 0.250. The van der Waals surface area contributed by atoms with Gasteiger partial charge in [-0.15, -0.1) is 0 Å². The van der Waals surface area contributed by atoms with E-state index in [-0.39, 0.29) is 11.6 Å². The molecule has 0 bridgehead atoms. The van der Waals surface area contributed by atoms with Crippen LogP contribution in [-0.2, 0) is 11.0 Å². The Balaban J connectivity index is 2.07. The first-order valence-electron chi connectivity index (χ1n) is 8.93. The van der Waals surface area contributed by atoms with E-state index in [0.29, 0.717) is 30.6 Å². The Hall–Kier alpha value is -2.12. The monoisotopic (exact) mass is 412 g/mol. The molecular formula is C20H20ClF3N2O2. The van der Waals surface area contributed by atoms with Gasteiger partial charge in [0.05, 0.1) is 28.2 Å². The van der Waals surface area contributed by atoms with E-state index in [0.717, 1.165) is 11.6 Å². The van der Waals surface area contributed by atoms with E-state index in [1.54, 1.807) is 18.3 Å². The number of aryl methyl sites for hydroxylation is 1. The van der Waals surface area contributed by atoms with E-state index in [1.807, 2.05) is 17.9 Å². The Bertz CT molecular complexity index is 856. The van der Waals surface area contributed by atoms with Crippen LogP contribution in [0.3, 0.4) is 0 Å². The number of carboxylic acid groups (broad SMARTS) is 1. The van der Waals surface area contributed by atoms with Crippen molar-refractivity contribution in [1.82, 2.24) is 9.88 Å². The minimum atomic E-state index is -4.58. The summed E-state index contributed by atoms with van der Waals surface area (Å²) in [6, 6.07) is 6.86. The van der Waals surface area contributed by atoms with Crippen molar-refractivity contribution in [1.29, 1.82) is 0 Å². The molecule has 1 fully saturated rings. The molecule has 2 aromatic rings. The number of rotatable bonds is 4. The van der Waals surface area contributed by atoms with Gasteiger partial charge in [0.2, 0.25) is 0 Å². The van der Waals surface area contributed by atoms with Crippen LogP contribution in [0.1, 0.15) is 41.3 Å². The molecule has 2 unspecified atom stereocenters. The molecule has 0 amide bonds. The van der Waals surface area contributed by atoms with Crippen molar-refractivity contribution >= 4 is 17.6 Å². The van der Waals surface area contributed by atoms with Crippen LogP contribution in [-0.4, -0.2) is 34.0 Å². The number of carbonyl (C=O) groups is 1. The Labute approximate surface area is 166 Å². The van der Waals surface area contributed by atoms with Gasteiger partial charge in [0, 0.05) is 12.7 Å². The van der Waals surface area contributed by atoms with Crippen LogP contribution in [0.15, 0.2) is 36.5 Å². The third-order valence-corrected chi connectivity index (χ3v) is 5.32. The largest absolute Gasteiger partial charge is 0.481 e. The summed E-state index contributed by atoms with van der Waals surface area (Å²) in [5.74, 6) is -1.46. The molecule has 0 radical (unpaired) electrons. The smallest absolute Gasteiger partial charge is 0.417 e. The van der Waals surface area contributed by atoms with E-state index in [1.165, 1.54) is 6.07 Å². The van der Waals surface area contributed by atoms with Gasteiger partial charge >= 0.3 is 12.1 Å². The van der Waals surface area contributed by atoms with Gasteiger partial charge in [-0.25, -0.2) is 0 Å². The molecule has 8 heteroatoms. The molecule has 1 aromatic carbocycles. The molecular weight excluding hydrogens is 393 g/mol. The van der Waals surface area contributed by atoms with Crippen molar-refractivity contribution in [3.8, 4) is 0 Å². The number of halogens is 4. The lowest BCUT2D eigenvalue weighted by Crippen LogP contribution is -2.41. The summed E-state index contributed by atoms with van der Waals surface area (Å²) >= 11 is 5.78. The van der Waals surface area contributed by atoms with Crippen LogP contribution < -0.4 is 0 Å². The van der Waals surface area contributed by atoms with E-state index >= 15 is 0 Å². The molecule has 1 N–H and O–H groups in total.